The Morgan fingerprint density at radius 2 is 1.85 bits per heavy atom. The number of aromatic nitrogens is 2. The Hall–Kier alpha value is -2.67. The number of ether oxygens (including phenoxy) is 2. The standard InChI is InChI=1S/C20H23F2N3O2/c1-13(19-23-16-7-5-6-8-17(16)25(19)20(21)22)24(2)12-14-9-10-15(26-3)11-18(14)27-4/h5-11,13,20H,12H2,1-4H3/t13-/m1/s1. The first kappa shape index (κ1) is 19.1. The summed E-state index contributed by atoms with van der Waals surface area (Å²) in [6, 6.07) is 12.2. The first-order valence-electron chi connectivity index (χ1n) is 8.62. The molecule has 0 N–H and O–H groups in total. The molecule has 0 bridgehead atoms. The van der Waals surface area contributed by atoms with Gasteiger partial charge in [0.05, 0.1) is 31.3 Å². The smallest absolute Gasteiger partial charge is 0.320 e. The summed E-state index contributed by atoms with van der Waals surface area (Å²) in [4.78, 5) is 6.42. The molecular weight excluding hydrogens is 352 g/mol. The number of halogens is 2. The van der Waals surface area contributed by atoms with Crippen molar-refractivity contribution in [3.63, 3.8) is 0 Å². The monoisotopic (exact) mass is 375 g/mol. The van der Waals surface area contributed by atoms with Crippen molar-refractivity contribution in [2.45, 2.75) is 26.1 Å². The summed E-state index contributed by atoms with van der Waals surface area (Å²) < 4.78 is 39.1. The average molecular weight is 375 g/mol. The van der Waals surface area contributed by atoms with E-state index < -0.39 is 6.55 Å². The Balaban J connectivity index is 1.91. The number of imidazole rings is 1. The molecule has 144 valence electrons. The highest BCUT2D eigenvalue weighted by molar-refractivity contribution is 5.76. The van der Waals surface area contributed by atoms with E-state index in [9.17, 15) is 8.78 Å². The van der Waals surface area contributed by atoms with Crippen LogP contribution >= 0.6 is 0 Å². The van der Waals surface area contributed by atoms with Gasteiger partial charge in [0.1, 0.15) is 17.3 Å². The number of benzene rings is 2. The molecule has 0 fully saturated rings. The predicted octanol–water partition coefficient (Wildman–Crippen LogP) is 4.64. The lowest BCUT2D eigenvalue weighted by Crippen LogP contribution is -2.25. The lowest BCUT2D eigenvalue weighted by molar-refractivity contribution is 0.0657. The van der Waals surface area contributed by atoms with Crippen LogP contribution in [-0.2, 0) is 6.54 Å². The molecule has 1 heterocycles. The van der Waals surface area contributed by atoms with Crippen LogP contribution in [0.2, 0.25) is 0 Å². The SMILES string of the molecule is COc1ccc(CN(C)[C@H](C)c2nc3ccccc3n2C(F)F)c(OC)c1. The lowest BCUT2D eigenvalue weighted by atomic mass is 10.1. The molecule has 0 unspecified atom stereocenters. The fraction of sp³-hybridized carbons (Fsp3) is 0.350. The number of para-hydroxylation sites is 2. The van der Waals surface area contributed by atoms with E-state index in [0.717, 1.165) is 10.1 Å². The first-order chi connectivity index (χ1) is 13.0. The summed E-state index contributed by atoms with van der Waals surface area (Å²) in [5.41, 5.74) is 1.94. The molecule has 3 aromatic rings. The third kappa shape index (κ3) is 3.73. The van der Waals surface area contributed by atoms with Crippen LogP contribution in [0.15, 0.2) is 42.5 Å². The highest BCUT2D eigenvalue weighted by Gasteiger charge is 2.24. The van der Waals surface area contributed by atoms with Gasteiger partial charge in [-0.05, 0) is 32.2 Å². The van der Waals surface area contributed by atoms with Crippen LogP contribution in [0.3, 0.4) is 0 Å². The quantitative estimate of drug-likeness (QED) is 0.603. The van der Waals surface area contributed by atoms with Crippen molar-refractivity contribution in [1.82, 2.24) is 14.5 Å². The molecule has 0 radical (unpaired) electrons. The van der Waals surface area contributed by atoms with Gasteiger partial charge in [0.25, 0.3) is 0 Å². The predicted molar refractivity (Wildman–Crippen MR) is 100 cm³/mol. The van der Waals surface area contributed by atoms with Crippen molar-refractivity contribution in [3.05, 3.63) is 53.9 Å². The minimum absolute atomic E-state index is 0.321. The molecule has 3 rings (SSSR count). The molecule has 27 heavy (non-hydrogen) atoms. The number of alkyl halides is 2. The molecule has 1 atom stereocenters. The van der Waals surface area contributed by atoms with Gasteiger partial charge in [-0.2, -0.15) is 8.78 Å². The molecule has 0 amide bonds. The molecule has 0 aliphatic rings. The van der Waals surface area contributed by atoms with Crippen LogP contribution < -0.4 is 9.47 Å². The maximum Gasteiger partial charge on any atom is 0.320 e. The van der Waals surface area contributed by atoms with Gasteiger partial charge < -0.3 is 9.47 Å². The summed E-state index contributed by atoms with van der Waals surface area (Å²) in [5.74, 6) is 1.72. The summed E-state index contributed by atoms with van der Waals surface area (Å²) in [6.45, 7) is -0.268. The highest BCUT2D eigenvalue weighted by atomic mass is 19.3. The van der Waals surface area contributed by atoms with Gasteiger partial charge in [-0.25, -0.2) is 4.98 Å². The van der Waals surface area contributed by atoms with E-state index in [-0.39, 0.29) is 6.04 Å². The van der Waals surface area contributed by atoms with Crippen LogP contribution in [0, 0.1) is 0 Å². The highest BCUT2D eigenvalue weighted by Crippen LogP contribution is 2.31. The molecular formula is C20H23F2N3O2. The van der Waals surface area contributed by atoms with Crippen molar-refractivity contribution in [3.8, 4) is 11.5 Å². The summed E-state index contributed by atoms with van der Waals surface area (Å²) >= 11 is 0. The van der Waals surface area contributed by atoms with Crippen LogP contribution in [0.1, 0.15) is 30.9 Å². The summed E-state index contributed by atoms with van der Waals surface area (Å²) in [6.07, 6.45) is 0. The molecule has 1 aromatic heterocycles. The third-order valence-electron chi connectivity index (χ3n) is 4.77. The van der Waals surface area contributed by atoms with E-state index >= 15 is 0 Å². The number of fused-ring (bicyclic) bond motifs is 1. The minimum Gasteiger partial charge on any atom is -0.497 e. The zero-order chi connectivity index (χ0) is 19.6. The van der Waals surface area contributed by atoms with Crippen molar-refractivity contribution >= 4 is 11.0 Å². The van der Waals surface area contributed by atoms with Crippen molar-refractivity contribution in [2.24, 2.45) is 0 Å². The minimum atomic E-state index is -2.65. The largest absolute Gasteiger partial charge is 0.497 e. The number of methoxy groups -OCH3 is 2. The molecule has 0 saturated carbocycles. The van der Waals surface area contributed by atoms with Crippen LogP contribution in [-0.4, -0.2) is 35.7 Å². The molecule has 2 aromatic carbocycles. The maximum atomic E-state index is 13.7. The second-order valence-corrected chi connectivity index (χ2v) is 6.38. The third-order valence-corrected chi connectivity index (χ3v) is 4.77. The van der Waals surface area contributed by atoms with E-state index in [1.165, 1.54) is 0 Å². The van der Waals surface area contributed by atoms with E-state index in [2.05, 4.69) is 4.98 Å². The molecule has 5 nitrogen and oxygen atoms in total. The summed E-state index contributed by atoms with van der Waals surface area (Å²) in [5, 5.41) is 0. The Labute approximate surface area is 157 Å². The van der Waals surface area contributed by atoms with Gasteiger partial charge in [0.15, 0.2) is 0 Å². The second-order valence-electron chi connectivity index (χ2n) is 6.38. The number of nitrogens with zero attached hydrogens (tertiary/aromatic N) is 3. The van der Waals surface area contributed by atoms with Crippen LogP contribution in [0.5, 0.6) is 11.5 Å². The number of hydrogen-bond acceptors (Lipinski definition) is 4. The second kappa shape index (κ2) is 7.92. The van der Waals surface area contributed by atoms with Gasteiger partial charge in [0, 0.05) is 18.2 Å². The Morgan fingerprint density at radius 1 is 1.11 bits per heavy atom. The van der Waals surface area contributed by atoms with Crippen molar-refractivity contribution < 1.29 is 18.3 Å². The Bertz CT molecular complexity index is 927. The fourth-order valence-electron chi connectivity index (χ4n) is 3.15. The van der Waals surface area contributed by atoms with Gasteiger partial charge >= 0.3 is 6.55 Å². The van der Waals surface area contributed by atoms with Gasteiger partial charge in [-0.3, -0.25) is 9.47 Å². The molecule has 0 aliphatic heterocycles. The normalized spacial score (nSPS) is 12.7. The Kier molecular flexibility index (Phi) is 5.60. The van der Waals surface area contributed by atoms with E-state index in [1.807, 2.05) is 37.1 Å². The van der Waals surface area contributed by atoms with Crippen molar-refractivity contribution in [2.75, 3.05) is 21.3 Å². The van der Waals surface area contributed by atoms with Crippen LogP contribution in [0.4, 0.5) is 8.78 Å². The topological polar surface area (TPSA) is 39.5 Å². The average Bonchev–Trinajstić information content (AvgIpc) is 3.07. The van der Waals surface area contributed by atoms with E-state index in [1.54, 1.807) is 38.5 Å². The molecule has 7 heteroatoms. The zero-order valence-corrected chi connectivity index (χ0v) is 15.8. The van der Waals surface area contributed by atoms with Crippen molar-refractivity contribution in [1.29, 1.82) is 0 Å². The molecule has 0 aliphatic carbocycles. The zero-order valence-electron chi connectivity index (χ0n) is 15.8. The maximum absolute atomic E-state index is 13.7. The number of hydrogen-bond donors (Lipinski definition) is 0. The van der Waals surface area contributed by atoms with Crippen LogP contribution in [0.25, 0.3) is 11.0 Å². The van der Waals surface area contributed by atoms with Gasteiger partial charge in [-0.1, -0.05) is 18.2 Å². The van der Waals surface area contributed by atoms with E-state index in [4.69, 9.17) is 9.47 Å². The molecule has 0 saturated heterocycles. The Morgan fingerprint density at radius 3 is 2.52 bits per heavy atom. The first-order valence-corrected chi connectivity index (χ1v) is 8.62. The lowest BCUT2D eigenvalue weighted by Gasteiger charge is -2.26. The summed E-state index contributed by atoms with van der Waals surface area (Å²) in [7, 11) is 5.07. The molecule has 0 spiro atoms. The van der Waals surface area contributed by atoms with Gasteiger partial charge in [-0.15, -0.1) is 0 Å². The fourth-order valence-corrected chi connectivity index (χ4v) is 3.15. The van der Waals surface area contributed by atoms with Gasteiger partial charge in [0.2, 0.25) is 0 Å². The van der Waals surface area contributed by atoms with E-state index in [0.29, 0.717) is 34.9 Å². The number of rotatable bonds is 7.